The first-order chi connectivity index (χ1) is 27.2. The number of furan rings is 1. The Morgan fingerprint density at radius 2 is 0.945 bits per heavy atom. The first kappa shape index (κ1) is 31.9. The molecule has 3 heteroatoms. The van der Waals surface area contributed by atoms with Crippen LogP contribution in [0.4, 0.5) is 0 Å². The molecule has 0 saturated heterocycles. The van der Waals surface area contributed by atoms with Crippen molar-refractivity contribution in [2.45, 2.75) is 37.5 Å². The molecule has 2 aliphatic rings. The molecular formula is C52H38N2O. The Labute approximate surface area is 321 Å². The Balaban J connectivity index is 1.09. The molecule has 0 radical (unpaired) electrons. The van der Waals surface area contributed by atoms with Gasteiger partial charge < -0.3 is 4.42 Å². The molecule has 1 saturated carbocycles. The number of aromatic nitrogens is 2. The lowest BCUT2D eigenvalue weighted by molar-refractivity contribution is 0.353. The van der Waals surface area contributed by atoms with Crippen LogP contribution in [0.3, 0.4) is 0 Å². The maximum atomic E-state index is 7.10. The van der Waals surface area contributed by atoms with E-state index in [1.165, 1.54) is 71.0 Å². The van der Waals surface area contributed by atoms with Gasteiger partial charge >= 0.3 is 0 Å². The topological polar surface area (TPSA) is 38.9 Å². The Morgan fingerprint density at radius 1 is 0.400 bits per heavy atom. The summed E-state index contributed by atoms with van der Waals surface area (Å²) < 4.78 is 7.10. The lowest BCUT2D eigenvalue weighted by Crippen LogP contribution is -2.27. The van der Waals surface area contributed by atoms with Crippen molar-refractivity contribution in [2.24, 2.45) is 0 Å². The van der Waals surface area contributed by atoms with Crippen molar-refractivity contribution < 1.29 is 4.42 Å². The third-order valence-corrected chi connectivity index (χ3v) is 12.1. The zero-order chi connectivity index (χ0) is 36.3. The fourth-order valence-electron chi connectivity index (χ4n) is 9.57. The molecule has 0 atom stereocenters. The van der Waals surface area contributed by atoms with Crippen molar-refractivity contribution >= 4 is 21.9 Å². The zero-order valence-electron chi connectivity index (χ0n) is 30.5. The quantitative estimate of drug-likeness (QED) is 0.179. The molecule has 262 valence electrons. The van der Waals surface area contributed by atoms with Gasteiger partial charge in [0.15, 0.2) is 5.82 Å². The third-order valence-electron chi connectivity index (χ3n) is 12.1. The van der Waals surface area contributed by atoms with Gasteiger partial charge in [0, 0.05) is 38.4 Å². The second kappa shape index (κ2) is 12.8. The smallest absolute Gasteiger partial charge is 0.160 e. The Bertz CT molecular complexity index is 2880. The van der Waals surface area contributed by atoms with Crippen molar-refractivity contribution in [3.8, 4) is 67.3 Å². The molecule has 0 unspecified atom stereocenters. The second-order valence-electron chi connectivity index (χ2n) is 15.2. The number of hydrogen-bond acceptors (Lipinski definition) is 3. The molecule has 1 spiro atoms. The fraction of sp³-hybridized carbons (Fsp3) is 0.115. The molecule has 55 heavy (non-hydrogen) atoms. The van der Waals surface area contributed by atoms with E-state index >= 15 is 0 Å². The van der Waals surface area contributed by atoms with Gasteiger partial charge in [-0.25, -0.2) is 9.97 Å². The fourth-order valence-corrected chi connectivity index (χ4v) is 9.57. The van der Waals surface area contributed by atoms with Gasteiger partial charge in [0.2, 0.25) is 0 Å². The Morgan fingerprint density at radius 3 is 1.71 bits per heavy atom. The number of para-hydroxylation sites is 2. The maximum Gasteiger partial charge on any atom is 0.160 e. The van der Waals surface area contributed by atoms with E-state index in [2.05, 4.69) is 146 Å². The monoisotopic (exact) mass is 706 g/mol. The van der Waals surface area contributed by atoms with Crippen molar-refractivity contribution in [2.75, 3.05) is 0 Å². The molecule has 11 rings (SSSR count). The maximum absolute atomic E-state index is 7.10. The van der Waals surface area contributed by atoms with Crippen molar-refractivity contribution in [1.29, 1.82) is 0 Å². The van der Waals surface area contributed by atoms with E-state index < -0.39 is 0 Å². The van der Waals surface area contributed by atoms with Crippen LogP contribution in [0.2, 0.25) is 0 Å². The number of rotatable bonds is 5. The van der Waals surface area contributed by atoms with Gasteiger partial charge in [-0.3, -0.25) is 0 Å². The molecule has 2 aromatic heterocycles. The standard InChI is InChI=1S/C52H38N2O/c1-4-15-34(16-5-1)35-27-29-36(30-28-35)46-33-47(54-51(53-46)37-17-6-2-7-18-37)43-24-13-23-41-40-22-12-21-39(49(40)55-50(41)43)38-20-14-26-45-48(38)42-19-8-9-25-44(42)52(45)31-10-3-11-32-52/h1-2,4-9,12-30,33H,3,10-11,31-32H2. The van der Waals surface area contributed by atoms with Crippen LogP contribution < -0.4 is 0 Å². The zero-order valence-corrected chi connectivity index (χ0v) is 30.5. The minimum atomic E-state index is 0.0954. The molecule has 0 aliphatic heterocycles. The highest BCUT2D eigenvalue weighted by atomic mass is 16.3. The molecule has 0 N–H and O–H groups in total. The molecule has 2 heterocycles. The number of benzene rings is 7. The normalized spacial score (nSPS) is 14.3. The first-order valence-electron chi connectivity index (χ1n) is 19.5. The third kappa shape index (κ3) is 5.11. The highest BCUT2D eigenvalue weighted by Gasteiger charge is 2.44. The largest absolute Gasteiger partial charge is 0.455 e. The summed E-state index contributed by atoms with van der Waals surface area (Å²) in [5, 5.41) is 2.19. The van der Waals surface area contributed by atoms with Gasteiger partial charge in [0.05, 0.1) is 11.4 Å². The van der Waals surface area contributed by atoms with Crippen LogP contribution in [0.1, 0.15) is 43.2 Å². The lowest BCUT2D eigenvalue weighted by Gasteiger charge is -2.36. The van der Waals surface area contributed by atoms with E-state index in [9.17, 15) is 0 Å². The number of nitrogens with zero attached hydrogens (tertiary/aromatic N) is 2. The summed E-state index contributed by atoms with van der Waals surface area (Å²) in [6, 6.07) is 60.7. The SMILES string of the molecule is c1ccc(-c2ccc(-c3cc(-c4cccc5c4oc4c(-c6cccc7c6-c6ccccc6C76CCCCC6)cccc45)nc(-c4ccccc4)n3)cc2)cc1. The predicted octanol–water partition coefficient (Wildman–Crippen LogP) is 13.9. The van der Waals surface area contributed by atoms with Crippen molar-refractivity contribution in [3.05, 3.63) is 181 Å². The number of fused-ring (bicyclic) bond motifs is 8. The van der Waals surface area contributed by atoms with Gasteiger partial charge in [0.1, 0.15) is 11.2 Å². The Hall–Kier alpha value is -6.58. The van der Waals surface area contributed by atoms with Gasteiger partial charge in [-0.1, -0.05) is 177 Å². The average molecular weight is 707 g/mol. The molecule has 7 aromatic carbocycles. The average Bonchev–Trinajstić information content (AvgIpc) is 3.78. The molecule has 0 bridgehead atoms. The van der Waals surface area contributed by atoms with Gasteiger partial charge in [-0.15, -0.1) is 0 Å². The summed E-state index contributed by atoms with van der Waals surface area (Å²) >= 11 is 0. The van der Waals surface area contributed by atoms with E-state index in [1.807, 2.05) is 24.3 Å². The van der Waals surface area contributed by atoms with Crippen LogP contribution in [-0.2, 0) is 5.41 Å². The van der Waals surface area contributed by atoms with Crippen molar-refractivity contribution in [1.82, 2.24) is 9.97 Å². The van der Waals surface area contributed by atoms with Crippen LogP contribution in [0.25, 0.3) is 89.2 Å². The predicted molar refractivity (Wildman–Crippen MR) is 226 cm³/mol. The molecule has 0 amide bonds. The lowest BCUT2D eigenvalue weighted by atomic mass is 9.68. The van der Waals surface area contributed by atoms with Crippen LogP contribution >= 0.6 is 0 Å². The minimum Gasteiger partial charge on any atom is -0.455 e. The van der Waals surface area contributed by atoms with E-state index in [0.717, 1.165) is 55.6 Å². The van der Waals surface area contributed by atoms with Crippen molar-refractivity contribution in [3.63, 3.8) is 0 Å². The summed E-state index contributed by atoms with van der Waals surface area (Å²) in [6.07, 6.45) is 6.29. The van der Waals surface area contributed by atoms with Gasteiger partial charge in [-0.05, 0) is 63.9 Å². The molecule has 2 aliphatic carbocycles. The molecular weight excluding hydrogens is 669 g/mol. The van der Waals surface area contributed by atoms with E-state index in [0.29, 0.717) is 5.82 Å². The van der Waals surface area contributed by atoms with Gasteiger partial charge in [0.25, 0.3) is 0 Å². The van der Waals surface area contributed by atoms with Crippen LogP contribution in [0, 0.1) is 0 Å². The molecule has 9 aromatic rings. The van der Waals surface area contributed by atoms with E-state index in [4.69, 9.17) is 14.4 Å². The van der Waals surface area contributed by atoms with Crippen LogP contribution in [0.5, 0.6) is 0 Å². The first-order valence-corrected chi connectivity index (χ1v) is 19.5. The molecule has 1 fully saturated rings. The van der Waals surface area contributed by atoms with E-state index in [1.54, 1.807) is 0 Å². The summed E-state index contributed by atoms with van der Waals surface area (Å²) in [6.45, 7) is 0. The second-order valence-corrected chi connectivity index (χ2v) is 15.2. The van der Waals surface area contributed by atoms with Crippen LogP contribution in [0.15, 0.2) is 174 Å². The highest BCUT2D eigenvalue weighted by Crippen LogP contribution is 2.58. The summed E-state index contributed by atoms with van der Waals surface area (Å²) in [7, 11) is 0. The van der Waals surface area contributed by atoms with Gasteiger partial charge in [-0.2, -0.15) is 0 Å². The Kier molecular flexibility index (Phi) is 7.41. The van der Waals surface area contributed by atoms with Crippen LogP contribution in [-0.4, -0.2) is 9.97 Å². The summed E-state index contributed by atoms with van der Waals surface area (Å²) in [4.78, 5) is 10.3. The number of hydrogen-bond donors (Lipinski definition) is 0. The minimum absolute atomic E-state index is 0.0954. The molecule has 3 nitrogen and oxygen atoms in total. The highest BCUT2D eigenvalue weighted by molar-refractivity contribution is 6.14. The van der Waals surface area contributed by atoms with E-state index in [-0.39, 0.29) is 5.41 Å². The summed E-state index contributed by atoms with van der Waals surface area (Å²) in [5.41, 5.74) is 17.0. The summed E-state index contributed by atoms with van der Waals surface area (Å²) in [5.74, 6) is 0.684.